The van der Waals surface area contributed by atoms with Gasteiger partial charge in [0.15, 0.2) is 0 Å². The van der Waals surface area contributed by atoms with E-state index < -0.39 is 11.8 Å². The molecular formula is C21H21N5O3. The van der Waals surface area contributed by atoms with Crippen molar-refractivity contribution in [2.24, 2.45) is 10.8 Å². The average Bonchev–Trinajstić information content (AvgIpc) is 3.13. The first-order valence-electron chi connectivity index (χ1n) is 8.99. The van der Waals surface area contributed by atoms with Crippen LogP contribution in [0.4, 0.5) is 0 Å². The predicted octanol–water partition coefficient (Wildman–Crippen LogP) is 2.26. The van der Waals surface area contributed by atoms with Gasteiger partial charge in [0.25, 0.3) is 0 Å². The summed E-state index contributed by atoms with van der Waals surface area (Å²) in [6.45, 7) is 3.93. The highest BCUT2D eigenvalue weighted by Crippen LogP contribution is 2.25. The molecule has 3 N–H and O–H groups in total. The van der Waals surface area contributed by atoms with E-state index in [9.17, 15) is 9.59 Å². The van der Waals surface area contributed by atoms with Crippen LogP contribution < -0.4 is 15.9 Å². The van der Waals surface area contributed by atoms with Gasteiger partial charge in [-0.3, -0.25) is 9.59 Å². The number of nitrogens with one attached hydrogen (secondary N) is 1. The Hall–Kier alpha value is -3.94. The number of hydrogen-bond donors (Lipinski definition) is 2. The molecule has 0 bridgehead atoms. The van der Waals surface area contributed by atoms with Gasteiger partial charge in [-0.2, -0.15) is 10.2 Å². The van der Waals surface area contributed by atoms with E-state index in [1.54, 1.807) is 10.9 Å². The molecule has 2 amide bonds. The molecule has 3 rings (SSSR count). The van der Waals surface area contributed by atoms with Crippen molar-refractivity contribution in [1.29, 1.82) is 0 Å². The molecule has 0 aliphatic rings. The number of benzene rings is 2. The Bertz CT molecular complexity index is 1020. The Morgan fingerprint density at radius 3 is 2.45 bits per heavy atom. The van der Waals surface area contributed by atoms with E-state index in [0.29, 0.717) is 11.3 Å². The number of carbonyl (C=O) groups is 2. The number of carbonyl (C=O) groups excluding carboxylic acids is 2. The number of rotatable bonds is 6. The number of aromatic nitrogens is 2. The number of primary amides is 1. The lowest BCUT2D eigenvalue weighted by molar-refractivity contribution is -0.137. The van der Waals surface area contributed by atoms with E-state index in [-0.39, 0.29) is 6.10 Å². The molecule has 1 aromatic heterocycles. The Morgan fingerprint density at radius 1 is 1.14 bits per heavy atom. The maximum Gasteiger partial charge on any atom is 0.329 e. The lowest BCUT2D eigenvalue weighted by Crippen LogP contribution is -2.32. The third kappa shape index (κ3) is 5.07. The average molecular weight is 391 g/mol. The lowest BCUT2D eigenvalue weighted by atomic mass is 10.1. The second kappa shape index (κ2) is 8.83. The fraction of sp³-hybridized carbons (Fsp3) is 0.143. The SMILES string of the molecule is CC(C)Oc1ccc(-c2nn(-c3ccccc3)cc2/C=N\NC(=O)C(N)=O)cc1. The summed E-state index contributed by atoms with van der Waals surface area (Å²) in [5, 5.41) is 8.46. The van der Waals surface area contributed by atoms with Crippen LogP contribution >= 0.6 is 0 Å². The zero-order valence-corrected chi connectivity index (χ0v) is 16.1. The maximum atomic E-state index is 11.3. The van der Waals surface area contributed by atoms with Gasteiger partial charge in [0.2, 0.25) is 0 Å². The molecule has 0 saturated carbocycles. The second-order valence-corrected chi connectivity index (χ2v) is 6.47. The molecule has 8 nitrogen and oxygen atoms in total. The Balaban J connectivity index is 1.95. The zero-order chi connectivity index (χ0) is 20.8. The van der Waals surface area contributed by atoms with E-state index in [0.717, 1.165) is 17.0 Å². The van der Waals surface area contributed by atoms with Gasteiger partial charge in [-0.05, 0) is 50.2 Å². The van der Waals surface area contributed by atoms with E-state index in [4.69, 9.17) is 10.5 Å². The molecule has 0 atom stereocenters. The van der Waals surface area contributed by atoms with Gasteiger partial charge < -0.3 is 10.5 Å². The molecule has 0 fully saturated rings. The van der Waals surface area contributed by atoms with E-state index >= 15 is 0 Å². The van der Waals surface area contributed by atoms with Crippen LogP contribution in [0.25, 0.3) is 16.9 Å². The summed E-state index contributed by atoms with van der Waals surface area (Å²) >= 11 is 0. The lowest BCUT2D eigenvalue weighted by Gasteiger charge is -2.09. The van der Waals surface area contributed by atoms with Crippen molar-refractivity contribution in [3.8, 4) is 22.7 Å². The van der Waals surface area contributed by atoms with Gasteiger partial charge in [-0.25, -0.2) is 10.1 Å². The minimum absolute atomic E-state index is 0.0784. The molecule has 3 aromatic rings. The summed E-state index contributed by atoms with van der Waals surface area (Å²) in [4.78, 5) is 22.1. The molecular weight excluding hydrogens is 370 g/mol. The van der Waals surface area contributed by atoms with Crippen LogP contribution in [-0.2, 0) is 9.59 Å². The molecule has 0 radical (unpaired) electrons. The van der Waals surface area contributed by atoms with Crippen LogP contribution in [-0.4, -0.2) is 33.9 Å². The summed E-state index contributed by atoms with van der Waals surface area (Å²) in [5.74, 6) is -1.34. The number of para-hydroxylation sites is 1. The van der Waals surface area contributed by atoms with Crippen LogP contribution in [0.2, 0.25) is 0 Å². The zero-order valence-electron chi connectivity index (χ0n) is 16.1. The summed E-state index contributed by atoms with van der Waals surface area (Å²) in [6, 6.07) is 17.1. The quantitative estimate of drug-likeness (QED) is 0.381. The molecule has 0 unspecified atom stereocenters. The first-order valence-corrected chi connectivity index (χ1v) is 8.99. The Kier molecular flexibility index (Phi) is 6.03. The molecule has 29 heavy (non-hydrogen) atoms. The molecule has 8 heteroatoms. The molecule has 0 aliphatic heterocycles. The fourth-order valence-corrected chi connectivity index (χ4v) is 2.60. The van der Waals surface area contributed by atoms with E-state index in [1.807, 2.05) is 68.4 Å². The van der Waals surface area contributed by atoms with Crippen LogP contribution in [0.1, 0.15) is 19.4 Å². The number of nitrogens with two attached hydrogens (primary N) is 1. The summed E-state index contributed by atoms with van der Waals surface area (Å²) in [6.07, 6.45) is 3.28. The molecule has 0 saturated heterocycles. The number of hydrogen-bond acceptors (Lipinski definition) is 5. The summed E-state index contributed by atoms with van der Waals surface area (Å²) in [7, 11) is 0. The summed E-state index contributed by atoms with van der Waals surface area (Å²) < 4.78 is 7.39. The standard InChI is InChI=1S/C21H21N5O3/c1-14(2)29-18-10-8-15(9-11-18)19-16(12-23-24-21(28)20(22)27)13-26(25-19)17-6-4-3-5-7-17/h3-14H,1-2H3,(H2,22,27)(H,24,28)/b23-12-. The van der Waals surface area contributed by atoms with Gasteiger partial charge >= 0.3 is 11.8 Å². The van der Waals surface area contributed by atoms with Gasteiger partial charge in [0, 0.05) is 17.3 Å². The number of ether oxygens (including phenoxy) is 1. The third-order valence-electron chi connectivity index (χ3n) is 3.86. The number of nitrogens with zero attached hydrogens (tertiary/aromatic N) is 3. The Morgan fingerprint density at radius 2 is 1.83 bits per heavy atom. The van der Waals surface area contributed by atoms with Crippen LogP contribution in [0.5, 0.6) is 5.75 Å². The molecule has 1 heterocycles. The molecule has 148 valence electrons. The number of hydrazone groups is 1. The highest BCUT2D eigenvalue weighted by Gasteiger charge is 2.12. The second-order valence-electron chi connectivity index (χ2n) is 6.47. The van der Waals surface area contributed by atoms with Crippen LogP contribution in [0.15, 0.2) is 65.9 Å². The van der Waals surface area contributed by atoms with Gasteiger partial charge in [-0.15, -0.1) is 0 Å². The highest BCUT2D eigenvalue weighted by molar-refractivity contribution is 6.34. The maximum absolute atomic E-state index is 11.3. The first-order chi connectivity index (χ1) is 13.9. The van der Waals surface area contributed by atoms with Gasteiger partial charge in [0.1, 0.15) is 11.4 Å². The first kappa shape index (κ1) is 19.8. The van der Waals surface area contributed by atoms with Gasteiger partial charge in [-0.1, -0.05) is 18.2 Å². The largest absolute Gasteiger partial charge is 0.491 e. The molecule has 0 spiro atoms. The van der Waals surface area contributed by atoms with Crippen molar-refractivity contribution in [2.75, 3.05) is 0 Å². The highest BCUT2D eigenvalue weighted by atomic mass is 16.5. The number of amides is 2. The van der Waals surface area contributed by atoms with Crippen molar-refractivity contribution in [1.82, 2.24) is 15.2 Å². The third-order valence-corrected chi connectivity index (χ3v) is 3.86. The van der Waals surface area contributed by atoms with E-state index in [2.05, 4.69) is 15.6 Å². The smallest absolute Gasteiger partial charge is 0.329 e. The monoisotopic (exact) mass is 391 g/mol. The van der Waals surface area contributed by atoms with Crippen molar-refractivity contribution >= 4 is 18.0 Å². The summed E-state index contributed by atoms with van der Waals surface area (Å²) in [5.41, 5.74) is 10.0. The molecule has 2 aromatic carbocycles. The van der Waals surface area contributed by atoms with Crippen molar-refractivity contribution in [3.05, 3.63) is 66.4 Å². The van der Waals surface area contributed by atoms with E-state index in [1.165, 1.54) is 6.21 Å². The van der Waals surface area contributed by atoms with Gasteiger partial charge in [0.05, 0.1) is 18.0 Å². The van der Waals surface area contributed by atoms with Crippen molar-refractivity contribution in [2.45, 2.75) is 20.0 Å². The normalized spacial score (nSPS) is 11.0. The van der Waals surface area contributed by atoms with Crippen molar-refractivity contribution < 1.29 is 14.3 Å². The Labute approximate surface area is 168 Å². The molecule has 0 aliphatic carbocycles. The van der Waals surface area contributed by atoms with Crippen molar-refractivity contribution in [3.63, 3.8) is 0 Å². The fourth-order valence-electron chi connectivity index (χ4n) is 2.60. The topological polar surface area (TPSA) is 112 Å². The van der Waals surface area contributed by atoms with Crippen LogP contribution in [0.3, 0.4) is 0 Å². The minimum Gasteiger partial charge on any atom is -0.491 e. The minimum atomic E-state index is -1.11. The van der Waals surface area contributed by atoms with Crippen LogP contribution in [0, 0.1) is 0 Å². The predicted molar refractivity (Wildman–Crippen MR) is 110 cm³/mol.